The molecule has 1 aromatic rings. The van der Waals surface area contributed by atoms with E-state index in [1.807, 2.05) is 5.51 Å². The predicted molar refractivity (Wildman–Crippen MR) is 79.5 cm³/mol. The summed E-state index contributed by atoms with van der Waals surface area (Å²) in [5.74, 6) is 0. The Morgan fingerprint density at radius 1 is 1.42 bits per heavy atom. The first-order chi connectivity index (χ1) is 9.33. The largest absolute Gasteiger partial charge is 0.380 e. The number of hydrogen-bond donors (Lipinski definition) is 0. The molecule has 108 valence electrons. The Morgan fingerprint density at radius 3 is 3.00 bits per heavy atom. The van der Waals surface area contributed by atoms with Gasteiger partial charge in [0, 0.05) is 50.8 Å². The quantitative estimate of drug-likeness (QED) is 0.716. The van der Waals surface area contributed by atoms with Crippen LogP contribution in [0.15, 0.2) is 10.9 Å². The maximum absolute atomic E-state index is 5.48. The van der Waals surface area contributed by atoms with E-state index in [1.165, 1.54) is 12.1 Å². The van der Waals surface area contributed by atoms with Gasteiger partial charge in [0.15, 0.2) is 0 Å². The lowest BCUT2D eigenvalue weighted by Crippen LogP contribution is -2.53. The van der Waals surface area contributed by atoms with Crippen molar-refractivity contribution in [2.75, 3.05) is 39.4 Å². The highest BCUT2D eigenvalue weighted by Crippen LogP contribution is 2.15. The van der Waals surface area contributed by atoms with Crippen LogP contribution in [0.1, 0.15) is 26.0 Å². The number of rotatable bonds is 7. The molecule has 5 heteroatoms. The number of nitrogens with zero attached hydrogens (tertiary/aromatic N) is 3. The molecule has 4 nitrogen and oxygen atoms in total. The minimum Gasteiger partial charge on any atom is -0.380 e. The number of ether oxygens (including phenoxy) is 1. The molecule has 1 unspecified atom stereocenters. The van der Waals surface area contributed by atoms with E-state index < -0.39 is 0 Å². The van der Waals surface area contributed by atoms with Crippen molar-refractivity contribution in [1.82, 2.24) is 14.8 Å². The molecule has 1 aliphatic heterocycles. The molecule has 0 spiro atoms. The van der Waals surface area contributed by atoms with Crippen LogP contribution in [0.3, 0.4) is 0 Å². The third kappa shape index (κ3) is 4.53. The average molecular weight is 283 g/mol. The first-order valence-electron chi connectivity index (χ1n) is 7.24. The smallest absolute Gasteiger partial charge is 0.0795 e. The highest BCUT2D eigenvalue weighted by molar-refractivity contribution is 7.07. The SMILES string of the molecule is CCOCCN1CCN(Cc2cscn2)CC1CC. The van der Waals surface area contributed by atoms with Crippen LogP contribution in [-0.4, -0.2) is 60.2 Å². The van der Waals surface area contributed by atoms with Crippen molar-refractivity contribution < 1.29 is 4.74 Å². The van der Waals surface area contributed by atoms with Crippen molar-refractivity contribution in [3.63, 3.8) is 0 Å². The highest BCUT2D eigenvalue weighted by Gasteiger charge is 2.25. The predicted octanol–water partition coefficient (Wildman–Crippen LogP) is 2.08. The lowest BCUT2D eigenvalue weighted by molar-refractivity contribution is 0.0382. The van der Waals surface area contributed by atoms with Crippen LogP contribution in [0.5, 0.6) is 0 Å². The number of thiazole rings is 1. The van der Waals surface area contributed by atoms with E-state index in [0.29, 0.717) is 6.04 Å². The number of hydrogen-bond acceptors (Lipinski definition) is 5. The van der Waals surface area contributed by atoms with E-state index in [9.17, 15) is 0 Å². The fourth-order valence-electron chi connectivity index (χ4n) is 2.65. The van der Waals surface area contributed by atoms with Crippen molar-refractivity contribution in [3.05, 3.63) is 16.6 Å². The zero-order valence-corrected chi connectivity index (χ0v) is 12.9. The zero-order valence-electron chi connectivity index (χ0n) is 12.0. The summed E-state index contributed by atoms with van der Waals surface area (Å²) in [6, 6.07) is 0.660. The average Bonchev–Trinajstić information content (AvgIpc) is 2.93. The molecule has 0 aromatic carbocycles. The van der Waals surface area contributed by atoms with Gasteiger partial charge in [-0.25, -0.2) is 4.98 Å². The molecule has 0 radical (unpaired) electrons. The van der Waals surface area contributed by atoms with Crippen molar-refractivity contribution in [2.45, 2.75) is 32.9 Å². The summed E-state index contributed by atoms with van der Waals surface area (Å²) in [5.41, 5.74) is 3.13. The third-order valence-electron chi connectivity index (χ3n) is 3.76. The molecule has 1 aliphatic rings. The molecule has 1 aromatic heterocycles. The standard InChI is InChI=1S/C14H25N3OS/c1-3-14-10-16(9-13-11-19-12-15-13)5-6-17(14)7-8-18-4-2/h11-12,14H,3-10H2,1-2H3. The maximum atomic E-state index is 5.48. The van der Waals surface area contributed by atoms with E-state index in [-0.39, 0.29) is 0 Å². The Bertz CT molecular complexity index is 344. The molecule has 1 atom stereocenters. The van der Waals surface area contributed by atoms with E-state index in [0.717, 1.165) is 45.9 Å². The molecule has 1 fully saturated rings. The summed E-state index contributed by atoms with van der Waals surface area (Å²) in [5, 5.41) is 2.16. The van der Waals surface area contributed by atoms with Gasteiger partial charge in [-0.3, -0.25) is 9.80 Å². The molecule has 0 amide bonds. The fourth-order valence-corrected chi connectivity index (χ4v) is 3.20. The van der Waals surface area contributed by atoms with Crippen LogP contribution >= 0.6 is 11.3 Å². The molecule has 2 heterocycles. The number of piperazine rings is 1. The second kappa shape index (κ2) is 7.94. The molecular weight excluding hydrogens is 258 g/mol. The van der Waals surface area contributed by atoms with Gasteiger partial charge < -0.3 is 4.74 Å². The van der Waals surface area contributed by atoms with Crippen LogP contribution in [0.4, 0.5) is 0 Å². The molecule has 2 rings (SSSR count). The summed E-state index contributed by atoms with van der Waals surface area (Å²) in [4.78, 5) is 9.49. The van der Waals surface area contributed by atoms with E-state index in [1.54, 1.807) is 11.3 Å². The van der Waals surface area contributed by atoms with Crippen LogP contribution in [0, 0.1) is 0 Å². The fraction of sp³-hybridized carbons (Fsp3) is 0.786. The minimum atomic E-state index is 0.660. The van der Waals surface area contributed by atoms with Crippen LogP contribution in [-0.2, 0) is 11.3 Å². The molecule has 0 bridgehead atoms. The maximum Gasteiger partial charge on any atom is 0.0795 e. The van der Waals surface area contributed by atoms with Gasteiger partial charge in [0.05, 0.1) is 17.8 Å². The first-order valence-corrected chi connectivity index (χ1v) is 8.19. The zero-order chi connectivity index (χ0) is 13.5. The summed E-state index contributed by atoms with van der Waals surface area (Å²) >= 11 is 1.68. The lowest BCUT2D eigenvalue weighted by Gasteiger charge is -2.41. The number of aromatic nitrogens is 1. The third-order valence-corrected chi connectivity index (χ3v) is 4.39. The Labute approximate surface area is 120 Å². The normalized spacial score (nSPS) is 21.9. The highest BCUT2D eigenvalue weighted by atomic mass is 32.1. The van der Waals surface area contributed by atoms with Gasteiger partial charge in [-0.05, 0) is 13.3 Å². The van der Waals surface area contributed by atoms with Crippen LogP contribution in [0.25, 0.3) is 0 Å². The monoisotopic (exact) mass is 283 g/mol. The summed E-state index contributed by atoms with van der Waals surface area (Å²) < 4.78 is 5.48. The second-order valence-electron chi connectivity index (χ2n) is 5.01. The molecule has 0 aliphatic carbocycles. The van der Waals surface area contributed by atoms with Crippen molar-refractivity contribution >= 4 is 11.3 Å². The summed E-state index contributed by atoms with van der Waals surface area (Å²) in [6.07, 6.45) is 1.21. The van der Waals surface area contributed by atoms with Gasteiger partial charge in [-0.15, -0.1) is 11.3 Å². The molecular formula is C14H25N3OS. The van der Waals surface area contributed by atoms with Gasteiger partial charge in [-0.1, -0.05) is 6.92 Å². The van der Waals surface area contributed by atoms with Gasteiger partial charge in [-0.2, -0.15) is 0 Å². The topological polar surface area (TPSA) is 28.6 Å². The Morgan fingerprint density at radius 2 is 2.32 bits per heavy atom. The second-order valence-corrected chi connectivity index (χ2v) is 5.73. The van der Waals surface area contributed by atoms with Gasteiger partial charge in [0.2, 0.25) is 0 Å². The van der Waals surface area contributed by atoms with Crippen molar-refractivity contribution in [3.8, 4) is 0 Å². The Kier molecular flexibility index (Phi) is 6.23. The molecule has 0 saturated carbocycles. The van der Waals surface area contributed by atoms with E-state index in [2.05, 4.69) is 34.0 Å². The lowest BCUT2D eigenvalue weighted by atomic mass is 10.1. The molecule has 0 N–H and O–H groups in total. The molecule has 1 saturated heterocycles. The van der Waals surface area contributed by atoms with Gasteiger partial charge in [0.1, 0.15) is 0 Å². The Balaban J connectivity index is 1.79. The van der Waals surface area contributed by atoms with Crippen LogP contribution in [0.2, 0.25) is 0 Å². The first kappa shape index (κ1) is 14.9. The van der Waals surface area contributed by atoms with Crippen LogP contribution < -0.4 is 0 Å². The minimum absolute atomic E-state index is 0.660. The van der Waals surface area contributed by atoms with Crippen molar-refractivity contribution in [2.24, 2.45) is 0 Å². The summed E-state index contributed by atoms with van der Waals surface area (Å²) in [6.45, 7) is 11.5. The summed E-state index contributed by atoms with van der Waals surface area (Å²) in [7, 11) is 0. The van der Waals surface area contributed by atoms with Gasteiger partial charge in [0.25, 0.3) is 0 Å². The van der Waals surface area contributed by atoms with Gasteiger partial charge >= 0.3 is 0 Å². The van der Waals surface area contributed by atoms with E-state index >= 15 is 0 Å². The Hall–Kier alpha value is -0.490. The van der Waals surface area contributed by atoms with Crippen molar-refractivity contribution in [1.29, 1.82) is 0 Å². The van der Waals surface area contributed by atoms with E-state index in [4.69, 9.17) is 4.74 Å². The molecule has 19 heavy (non-hydrogen) atoms.